The molecule has 2 heterocycles. The number of amides is 1. The number of nitrogens with zero attached hydrogens (tertiary/aromatic N) is 1. The zero-order chi connectivity index (χ0) is 15.6. The average Bonchev–Trinajstić information content (AvgIpc) is 2.89. The summed E-state index contributed by atoms with van der Waals surface area (Å²) in [6.45, 7) is 3.14. The highest BCUT2D eigenvalue weighted by Crippen LogP contribution is 2.33. The van der Waals surface area contributed by atoms with Crippen molar-refractivity contribution >= 4 is 22.0 Å². The predicted octanol–water partition coefficient (Wildman–Crippen LogP) is 3.49. The molecule has 1 spiro atoms. The monoisotopic (exact) mass is 366 g/mol. The van der Waals surface area contributed by atoms with Gasteiger partial charge in [-0.1, -0.05) is 30.3 Å². The van der Waals surface area contributed by atoms with Crippen molar-refractivity contribution in [3.63, 3.8) is 0 Å². The molecule has 0 unspecified atom stereocenters. The maximum atomic E-state index is 12.3. The van der Waals surface area contributed by atoms with Crippen molar-refractivity contribution in [2.24, 2.45) is 0 Å². The van der Waals surface area contributed by atoms with Crippen LogP contribution in [0.1, 0.15) is 31.4 Å². The van der Waals surface area contributed by atoms with Crippen LogP contribution in [0.15, 0.2) is 41.0 Å². The van der Waals surface area contributed by atoms with E-state index in [9.17, 15) is 4.79 Å². The summed E-state index contributed by atoms with van der Waals surface area (Å²) in [6, 6.07) is 9.76. The maximum Gasteiger partial charge on any atom is 0.410 e. The molecule has 0 saturated carbocycles. The number of piperidine rings is 1. The lowest BCUT2D eigenvalue weighted by Crippen LogP contribution is -2.47. The van der Waals surface area contributed by atoms with Crippen LogP contribution < -0.4 is 5.48 Å². The van der Waals surface area contributed by atoms with Crippen molar-refractivity contribution < 1.29 is 14.4 Å². The molecule has 5 nitrogen and oxygen atoms in total. The lowest BCUT2D eigenvalue weighted by molar-refractivity contribution is -0.0710. The number of halogens is 1. The molecule has 2 aliphatic rings. The van der Waals surface area contributed by atoms with E-state index in [4.69, 9.17) is 9.57 Å². The molecule has 22 heavy (non-hydrogen) atoms. The molecular weight excluding hydrogens is 348 g/mol. The number of hydroxylamine groups is 1. The van der Waals surface area contributed by atoms with Crippen molar-refractivity contribution in [1.29, 1.82) is 0 Å². The smallest absolute Gasteiger partial charge is 0.410 e. The molecule has 3 rings (SSSR count). The Bertz CT molecular complexity index is 568. The van der Waals surface area contributed by atoms with Gasteiger partial charge >= 0.3 is 6.09 Å². The van der Waals surface area contributed by atoms with E-state index >= 15 is 0 Å². The fraction of sp³-hybridized carbons (Fsp3) is 0.438. The zero-order valence-corrected chi connectivity index (χ0v) is 14.0. The van der Waals surface area contributed by atoms with Gasteiger partial charge in [-0.05, 0) is 34.5 Å². The fourth-order valence-electron chi connectivity index (χ4n) is 2.77. The molecule has 1 saturated heterocycles. The third-order valence-electron chi connectivity index (χ3n) is 4.16. The zero-order valence-electron chi connectivity index (χ0n) is 12.4. The van der Waals surface area contributed by atoms with Gasteiger partial charge in [-0.15, -0.1) is 0 Å². The largest absolute Gasteiger partial charge is 0.442 e. The van der Waals surface area contributed by atoms with Crippen LogP contribution in [-0.4, -0.2) is 29.7 Å². The first-order valence-electron chi connectivity index (χ1n) is 7.41. The van der Waals surface area contributed by atoms with E-state index in [-0.39, 0.29) is 17.8 Å². The second-order valence-electron chi connectivity index (χ2n) is 5.68. The van der Waals surface area contributed by atoms with E-state index in [0.717, 1.165) is 23.0 Å². The topological polar surface area (TPSA) is 50.8 Å². The Hall–Kier alpha value is -1.53. The van der Waals surface area contributed by atoms with Crippen LogP contribution >= 0.6 is 15.9 Å². The van der Waals surface area contributed by atoms with E-state index < -0.39 is 0 Å². The van der Waals surface area contributed by atoms with E-state index in [0.29, 0.717) is 13.1 Å². The molecule has 1 fully saturated rings. The Labute approximate surface area is 138 Å². The number of rotatable bonds is 2. The number of likely N-dealkylation sites (tertiary alicyclic amines) is 1. The molecule has 0 bridgehead atoms. The van der Waals surface area contributed by atoms with Gasteiger partial charge in [-0.3, -0.25) is 10.3 Å². The molecule has 1 aromatic rings. The molecule has 1 atom stereocenters. The van der Waals surface area contributed by atoms with Crippen LogP contribution in [0.5, 0.6) is 0 Å². The Kier molecular flexibility index (Phi) is 4.40. The Morgan fingerprint density at radius 1 is 1.36 bits per heavy atom. The number of hydrogen-bond acceptors (Lipinski definition) is 4. The number of ether oxygens (including phenoxy) is 1. The summed E-state index contributed by atoms with van der Waals surface area (Å²) in [5, 5.41) is 0. The van der Waals surface area contributed by atoms with Gasteiger partial charge in [0.15, 0.2) is 0 Å². The second-order valence-corrected chi connectivity index (χ2v) is 6.54. The van der Waals surface area contributed by atoms with Crippen molar-refractivity contribution in [1.82, 2.24) is 10.4 Å². The summed E-state index contributed by atoms with van der Waals surface area (Å²) in [6.07, 6.45) is 3.03. The molecule has 0 radical (unpaired) electrons. The van der Waals surface area contributed by atoms with Gasteiger partial charge in [0, 0.05) is 25.9 Å². The van der Waals surface area contributed by atoms with E-state index in [1.54, 1.807) is 4.90 Å². The summed E-state index contributed by atoms with van der Waals surface area (Å²) >= 11 is 3.37. The summed E-state index contributed by atoms with van der Waals surface area (Å²) in [7, 11) is 0. The second kappa shape index (κ2) is 6.30. The normalized spacial score (nSPS) is 21.2. The first kappa shape index (κ1) is 15.4. The van der Waals surface area contributed by atoms with Gasteiger partial charge < -0.3 is 9.64 Å². The molecule has 0 aromatic heterocycles. The number of benzene rings is 1. The standard InChI is InChI=1S/C16H19BrN2O3/c1-12(13-5-3-2-4-6-13)21-15(20)19-9-7-16(8-10-19)11-14(17)18-22-16/h2-6,11-12,18H,7-10H2,1H3/t12-/m1/s1. The van der Waals surface area contributed by atoms with Gasteiger partial charge in [-0.25, -0.2) is 4.79 Å². The van der Waals surface area contributed by atoms with E-state index in [2.05, 4.69) is 21.4 Å². The quantitative estimate of drug-likeness (QED) is 0.813. The molecule has 2 aliphatic heterocycles. The first-order chi connectivity index (χ1) is 10.6. The lowest BCUT2D eigenvalue weighted by Gasteiger charge is -2.36. The summed E-state index contributed by atoms with van der Waals surface area (Å²) in [4.78, 5) is 19.6. The Morgan fingerprint density at radius 3 is 2.64 bits per heavy atom. The highest BCUT2D eigenvalue weighted by atomic mass is 79.9. The molecule has 1 amide bonds. The van der Waals surface area contributed by atoms with Crippen molar-refractivity contribution in [2.45, 2.75) is 31.5 Å². The van der Waals surface area contributed by atoms with E-state index in [1.807, 2.05) is 43.3 Å². The van der Waals surface area contributed by atoms with Crippen molar-refractivity contribution in [2.75, 3.05) is 13.1 Å². The molecule has 1 aromatic carbocycles. The highest BCUT2D eigenvalue weighted by Gasteiger charge is 2.39. The van der Waals surface area contributed by atoms with Crippen LogP contribution in [0.25, 0.3) is 0 Å². The van der Waals surface area contributed by atoms with Crippen molar-refractivity contribution in [3.05, 3.63) is 46.6 Å². The molecule has 6 heteroatoms. The number of hydrogen-bond donors (Lipinski definition) is 1. The summed E-state index contributed by atoms with van der Waals surface area (Å²) < 4.78 is 6.40. The number of nitrogens with one attached hydrogen (secondary N) is 1. The molecule has 0 aliphatic carbocycles. The predicted molar refractivity (Wildman–Crippen MR) is 86.1 cm³/mol. The van der Waals surface area contributed by atoms with Gasteiger partial charge in [-0.2, -0.15) is 0 Å². The van der Waals surface area contributed by atoms with Gasteiger partial charge in [0.05, 0.1) is 0 Å². The molecular formula is C16H19BrN2O3. The molecule has 118 valence electrons. The minimum absolute atomic E-state index is 0.247. The maximum absolute atomic E-state index is 12.3. The van der Waals surface area contributed by atoms with Crippen LogP contribution in [0.3, 0.4) is 0 Å². The first-order valence-corrected chi connectivity index (χ1v) is 8.20. The number of carbonyl (C=O) groups excluding carboxylic acids is 1. The fourth-order valence-corrected chi connectivity index (χ4v) is 3.27. The van der Waals surface area contributed by atoms with Gasteiger partial charge in [0.2, 0.25) is 0 Å². The summed E-state index contributed by atoms with van der Waals surface area (Å²) in [5.41, 5.74) is 3.52. The van der Waals surface area contributed by atoms with Gasteiger partial charge in [0.25, 0.3) is 0 Å². The Balaban J connectivity index is 1.54. The highest BCUT2D eigenvalue weighted by molar-refractivity contribution is 9.11. The van der Waals surface area contributed by atoms with Crippen LogP contribution in [0, 0.1) is 0 Å². The average molecular weight is 367 g/mol. The van der Waals surface area contributed by atoms with Crippen molar-refractivity contribution in [3.8, 4) is 0 Å². The lowest BCUT2D eigenvalue weighted by atomic mass is 9.92. The number of carbonyl (C=O) groups is 1. The van der Waals surface area contributed by atoms with E-state index in [1.165, 1.54) is 0 Å². The van der Waals surface area contributed by atoms with Crippen LogP contribution in [0.4, 0.5) is 4.79 Å². The molecule has 1 N–H and O–H groups in total. The Morgan fingerprint density at radius 2 is 2.05 bits per heavy atom. The summed E-state index contributed by atoms with van der Waals surface area (Å²) in [5.74, 6) is 0. The SMILES string of the molecule is C[C@@H](OC(=O)N1CCC2(C=C(Br)NO2)CC1)c1ccccc1. The van der Waals surface area contributed by atoms with Gasteiger partial charge in [0.1, 0.15) is 16.3 Å². The minimum Gasteiger partial charge on any atom is -0.442 e. The van der Waals surface area contributed by atoms with Crippen LogP contribution in [0.2, 0.25) is 0 Å². The third-order valence-corrected chi connectivity index (χ3v) is 4.55. The van der Waals surface area contributed by atoms with Crippen LogP contribution in [-0.2, 0) is 9.57 Å². The minimum atomic E-state index is -0.305. The third kappa shape index (κ3) is 3.28.